The van der Waals surface area contributed by atoms with Crippen LogP contribution < -0.4 is 0 Å². The molecule has 0 fully saturated rings. The maximum absolute atomic E-state index is 2.18. The Balaban J connectivity index is 3.32. The summed E-state index contributed by atoms with van der Waals surface area (Å²) in [5, 5.41) is 0. The molecule has 0 atom stereocenters. The Hall–Kier alpha value is -1.04. The van der Waals surface area contributed by atoms with Crippen LogP contribution in [0.2, 0.25) is 0 Å². The number of hydrogen-bond acceptors (Lipinski definition) is 0. The predicted molar refractivity (Wildman–Crippen MR) is 55.4 cm³/mol. The molecule has 0 amide bonds. The predicted octanol–water partition coefficient (Wildman–Crippen LogP) is 3.64. The van der Waals surface area contributed by atoms with Gasteiger partial charge in [-0.3, -0.25) is 0 Å². The molecule has 0 spiro atoms. The molecule has 0 heterocycles. The highest BCUT2D eigenvalue weighted by Gasteiger charge is 2.00. The van der Waals surface area contributed by atoms with E-state index in [0.717, 1.165) is 0 Å². The lowest BCUT2D eigenvalue weighted by Crippen LogP contribution is -1.89. The van der Waals surface area contributed by atoms with Crippen molar-refractivity contribution in [2.75, 3.05) is 0 Å². The fourth-order valence-corrected chi connectivity index (χ4v) is 1.40. The van der Waals surface area contributed by atoms with Crippen LogP contribution in [0.25, 0.3) is 6.08 Å². The Bertz CT molecular complexity index is 306. The van der Waals surface area contributed by atoms with Crippen LogP contribution in [0.1, 0.15) is 29.2 Å². The van der Waals surface area contributed by atoms with Crippen LogP contribution in [0.15, 0.2) is 18.2 Å². The zero-order valence-corrected chi connectivity index (χ0v) is 8.31. The second kappa shape index (κ2) is 3.57. The quantitative estimate of drug-likeness (QED) is 0.588. The Morgan fingerprint density at radius 2 is 1.58 bits per heavy atom. The minimum atomic E-state index is 1.36. The van der Waals surface area contributed by atoms with Gasteiger partial charge in [-0.1, -0.05) is 24.3 Å². The van der Waals surface area contributed by atoms with E-state index >= 15 is 0 Å². The number of rotatable bonds is 1. The summed E-state index contributed by atoms with van der Waals surface area (Å²) < 4.78 is 0. The van der Waals surface area contributed by atoms with E-state index in [1.807, 2.05) is 0 Å². The summed E-state index contributed by atoms with van der Waals surface area (Å²) in [6, 6.07) is 4.36. The van der Waals surface area contributed by atoms with E-state index in [0.29, 0.717) is 0 Å². The Labute approximate surface area is 74.9 Å². The Morgan fingerprint density at radius 3 is 2.17 bits per heavy atom. The summed E-state index contributed by atoms with van der Waals surface area (Å²) in [5.41, 5.74) is 5.50. The van der Waals surface area contributed by atoms with E-state index in [9.17, 15) is 0 Å². The molecule has 0 aliphatic heterocycles. The van der Waals surface area contributed by atoms with E-state index in [1.54, 1.807) is 0 Å². The van der Waals surface area contributed by atoms with E-state index in [2.05, 4.69) is 52.0 Å². The molecule has 0 radical (unpaired) electrons. The first-order valence-corrected chi connectivity index (χ1v) is 4.36. The summed E-state index contributed by atoms with van der Waals surface area (Å²) >= 11 is 0. The first kappa shape index (κ1) is 9.05. The average molecular weight is 160 g/mol. The van der Waals surface area contributed by atoms with E-state index in [-0.39, 0.29) is 0 Å². The molecule has 0 heteroatoms. The van der Waals surface area contributed by atoms with Gasteiger partial charge in [-0.05, 0) is 49.9 Å². The van der Waals surface area contributed by atoms with Crippen molar-refractivity contribution in [1.29, 1.82) is 0 Å². The zero-order chi connectivity index (χ0) is 9.14. The van der Waals surface area contributed by atoms with E-state index < -0.39 is 0 Å². The van der Waals surface area contributed by atoms with Crippen molar-refractivity contribution in [3.63, 3.8) is 0 Å². The number of allylic oxidation sites excluding steroid dienone is 1. The SMILES string of the molecule is CC=Cc1c(C)ccc(C)c1C. The molecule has 12 heavy (non-hydrogen) atoms. The Kier molecular flexibility index (Phi) is 2.69. The average Bonchev–Trinajstić information content (AvgIpc) is 2.06. The zero-order valence-electron chi connectivity index (χ0n) is 8.31. The summed E-state index contributed by atoms with van der Waals surface area (Å²) in [6.07, 6.45) is 4.27. The minimum absolute atomic E-state index is 1.36. The van der Waals surface area contributed by atoms with Crippen LogP contribution in [0.3, 0.4) is 0 Å². The molecular weight excluding hydrogens is 144 g/mol. The molecule has 0 aliphatic rings. The minimum Gasteiger partial charge on any atom is -0.0870 e. The molecule has 0 saturated carbocycles. The van der Waals surface area contributed by atoms with Crippen molar-refractivity contribution in [2.24, 2.45) is 0 Å². The summed E-state index contributed by atoms with van der Waals surface area (Å²) in [6.45, 7) is 8.54. The molecule has 0 nitrogen and oxygen atoms in total. The highest BCUT2D eigenvalue weighted by Crippen LogP contribution is 2.18. The van der Waals surface area contributed by atoms with Crippen molar-refractivity contribution in [3.8, 4) is 0 Å². The fourth-order valence-electron chi connectivity index (χ4n) is 1.40. The van der Waals surface area contributed by atoms with Gasteiger partial charge in [0.05, 0.1) is 0 Å². The largest absolute Gasteiger partial charge is 0.0870 e. The van der Waals surface area contributed by atoms with Crippen LogP contribution in [-0.2, 0) is 0 Å². The van der Waals surface area contributed by atoms with Crippen molar-refractivity contribution in [3.05, 3.63) is 40.5 Å². The van der Waals surface area contributed by atoms with Crippen LogP contribution in [0.4, 0.5) is 0 Å². The fraction of sp³-hybridized carbons (Fsp3) is 0.333. The van der Waals surface area contributed by atoms with Crippen molar-refractivity contribution in [2.45, 2.75) is 27.7 Å². The smallest absolute Gasteiger partial charge is 0.0199 e. The summed E-state index contributed by atoms with van der Waals surface area (Å²) in [7, 11) is 0. The third-order valence-corrected chi connectivity index (χ3v) is 2.34. The van der Waals surface area contributed by atoms with Crippen molar-refractivity contribution in [1.82, 2.24) is 0 Å². The molecule has 0 bridgehead atoms. The standard InChI is InChI=1S/C12H16/c1-5-6-12-10(3)8-7-9(2)11(12)4/h5-8H,1-4H3. The highest BCUT2D eigenvalue weighted by atomic mass is 14.0. The lowest BCUT2D eigenvalue weighted by molar-refractivity contribution is 1.28. The van der Waals surface area contributed by atoms with Gasteiger partial charge in [0.2, 0.25) is 0 Å². The molecular formula is C12H16. The van der Waals surface area contributed by atoms with Crippen LogP contribution in [0, 0.1) is 20.8 Å². The van der Waals surface area contributed by atoms with Gasteiger partial charge < -0.3 is 0 Å². The van der Waals surface area contributed by atoms with E-state index in [4.69, 9.17) is 0 Å². The van der Waals surface area contributed by atoms with Crippen LogP contribution in [-0.4, -0.2) is 0 Å². The topological polar surface area (TPSA) is 0 Å². The monoisotopic (exact) mass is 160 g/mol. The van der Waals surface area contributed by atoms with Crippen LogP contribution >= 0.6 is 0 Å². The van der Waals surface area contributed by atoms with Gasteiger partial charge in [0.25, 0.3) is 0 Å². The molecule has 0 saturated heterocycles. The second-order valence-electron chi connectivity index (χ2n) is 3.24. The normalized spacial score (nSPS) is 11.0. The molecule has 0 N–H and O–H groups in total. The van der Waals surface area contributed by atoms with Crippen LogP contribution in [0.5, 0.6) is 0 Å². The Morgan fingerprint density at radius 1 is 1.00 bits per heavy atom. The van der Waals surface area contributed by atoms with Gasteiger partial charge in [-0.25, -0.2) is 0 Å². The summed E-state index contributed by atoms with van der Waals surface area (Å²) in [5.74, 6) is 0. The molecule has 1 aromatic rings. The molecule has 0 unspecified atom stereocenters. The van der Waals surface area contributed by atoms with Crippen molar-refractivity contribution >= 4 is 6.08 Å². The third kappa shape index (κ3) is 1.58. The molecule has 64 valence electrons. The van der Waals surface area contributed by atoms with E-state index in [1.165, 1.54) is 22.3 Å². The van der Waals surface area contributed by atoms with Gasteiger partial charge in [0, 0.05) is 0 Å². The maximum atomic E-state index is 2.18. The third-order valence-electron chi connectivity index (χ3n) is 2.34. The van der Waals surface area contributed by atoms with Gasteiger partial charge in [-0.15, -0.1) is 0 Å². The molecule has 0 aromatic heterocycles. The maximum Gasteiger partial charge on any atom is -0.0199 e. The number of aryl methyl sites for hydroxylation is 2. The first-order valence-electron chi connectivity index (χ1n) is 4.36. The first-order chi connectivity index (χ1) is 5.66. The van der Waals surface area contributed by atoms with Gasteiger partial charge >= 0.3 is 0 Å². The number of hydrogen-bond donors (Lipinski definition) is 0. The lowest BCUT2D eigenvalue weighted by atomic mass is 9.98. The molecule has 1 aromatic carbocycles. The molecule has 1 rings (SSSR count). The lowest BCUT2D eigenvalue weighted by Gasteiger charge is -2.07. The second-order valence-corrected chi connectivity index (χ2v) is 3.24. The summed E-state index contributed by atoms with van der Waals surface area (Å²) in [4.78, 5) is 0. The van der Waals surface area contributed by atoms with Gasteiger partial charge in [0.15, 0.2) is 0 Å². The van der Waals surface area contributed by atoms with Gasteiger partial charge in [0.1, 0.15) is 0 Å². The highest BCUT2D eigenvalue weighted by molar-refractivity contribution is 5.59. The number of benzene rings is 1. The van der Waals surface area contributed by atoms with Crippen molar-refractivity contribution < 1.29 is 0 Å². The van der Waals surface area contributed by atoms with Gasteiger partial charge in [-0.2, -0.15) is 0 Å². The molecule has 0 aliphatic carbocycles.